The Balaban J connectivity index is 2.61. The number of pyridine rings is 1. The molecular weight excluding hydrogens is 193 g/mol. The zero-order valence-corrected chi connectivity index (χ0v) is 9.50. The number of aromatic nitrogens is 1. The van der Waals surface area contributed by atoms with E-state index in [1.807, 2.05) is 19.0 Å². The monoisotopic (exact) mass is 211 g/mol. The fourth-order valence-electron chi connectivity index (χ4n) is 1.63. The van der Waals surface area contributed by atoms with Crippen molar-refractivity contribution in [1.29, 1.82) is 0 Å². The maximum absolute atomic E-state index is 13.4. The quantitative estimate of drug-likeness (QED) is 0.800. The second-order valence-corrected chi connectivity index (χ2v) is 3.85. The van der Waals surface area contributed by atoms with Crippen molar-refractivity contribution < 1.29 is 4.39 Å². The van der Waals surface area contributed by atoms with Crippen molar-refractivity contribution in [3.8, 4) is 0 Å². The van der Waals surface area contributed by atoms with Gasteiger partial charge in [-0.15, -0.1) is 0 Å². The summed E-state index contributed by atoms with van der Waals surface area (Å²) in [6.07, 6.45) is 1.61. The van der Waals surface area contributed by atoms with E-state index in [0.29, 0.717) is 11.7 Å². The molecule has 1 heterocycles. The van der Waals surface area contributed by atoms with Crippen LogP contribution in [0.4, 0.5) is 10.2 Å². The van der Waals surface area contributed by atoms with Crippen LogP contribution in [0.3, 0.4) is 0 Å². The number of hydrogen-bond donors (Lipinski definition) is 1. The van der Waals surface area contributed by atoms with Gasteiger partial charge in [0.25, 0.3) is 0 Å². The molecule has 84 valence electrons. The molecule has 3 nitrogen and oxygen atoms in total. The zero-order chi connectivity index (χ0) is 11.3. The number of hydrogen-bond acceptors (Lipinski definition) is 3. The molecule has 4 heteroatoms. The summed E-state index contributed by atoms with van der Waals surface area (Å²) in [5, 5.41) is 3.10. The van der Waals surface area contributed by atoms with Crippen molar-refractivity contribution in [2.75, 3.05) is 32.1 Å². The van der Waals surface area contributed by atoms with Gasteiger partial charge in [0.15, 0.2) is 11.6 Å². The van der Waals surface area contributed by atoms with E-state index < -0.39 is 0 Å². The number of nitrogens with zero attached hydrogens (tertiary/aromatic N) is 2. The highest BCUT2D eigenvalue weighted by atomic mass is 19.1. The minimum absolute atomic E-state index is 0.267. The molecule has 1 atom stereocenters. The van der Waals surface area contributed by atoms with Gasteiger partial charge in [-0.05, 0) is 31.6 Å². The summed E-state index contributed by atoms with van der Waals surface area (Å²) in [5.74, 6) is 0.610. The molecule has 0 saturated heterocycles. The predicted octanol–water partition coefficient (Wildman–Crippen LogP) is 1.51. The molecule has 0 saturated carbocycles. The van der Waals surface area contributed by atoms with Crippen LogP contribution in [-0.2, 0) is 0 Å². The molecule has 0 amide bonds. The number of rotatable bonds is 5. The summed E-state index contributed by atoms with van der Waals surface area (Å²) in [6.45, 7) is 3.82. The van der Waals surface area contributed by atoms with E-state index in [0.717, 1.165) is 13.1 Å². The van der Waals surface area contributed by atoms with Crippen LogP contribution in [0.1, 0.15) is 6.92 Å². The van der Waals surface area contributed by atoms with Gasteiger partial charge in [-0.25, -0.2) is 9.37 Å². The van der Waals surface area contributed by atoms with Crippen LogP contribution >= 0.6 is 0 Å². The summed E-state index contributed by atoms with van der Waals surface area (Å²) >= 11 is 0. The second-order valence-electron chi connectivity index (χ2n) is 3.85. The van der Waals surface area contributed by atoms with Gasteiger partial charge < -0.3 is 10.2 Å². The first kappa shape index (κ1) is 11.9. The molecule has 1 aromatic rings. The normalized spacial score (nSPS) is 12.5. The third-order valence-electron chi connectivity index (χ3n) is 2.24. The molecule has 0 aliphatic heterocycles. The van der Waals surface area contributed by atoms with Crippen LogP contribution in [0.5, 0.6) is 0 Å². The van der Waals surface area contributed by atoms with E-state index in [1.54, 1.807) is 12.3 Å². The molecule has 1 N–H and O–H groups in total. The topological polar surface area (TPSA) is 28.2 Å². The van der Waals surface area contributed by atoms with Crippen molar-refractivity contribution in [3.63, 3.8) is 0 Å². The minimum Gasteiger partial charge on any atom is -0.357 e. The lowest BCUT2D eigenvalue weighted by atomic mass is 10.1. The average molecular weight is 211 g/mol. The van der Waals surface area contributed by atoms with Gasteiger partial charge in [-0.1, -0.05) is 6.92 Å². The SMILES string of the molecule is CNCC(C)CN(C)c1ncccc1F. The lowest BCUT2D eigenvalue weighted by Crippen LogP contribution is -2.30. The molecule has 15 heavy (non-hydrogen) atoms. The summed E-state index contributed by atoms with van der Waals surface area (Å²) in [6, 6.07) is 3.03. The van der Waals surface area contributed by atoms with E-state index in [1.165, 1.54) is 6.07 Å². The lowest BCUT2D eigenvalue weighted by molar-refractivity contribution is 0.532. The summed E-state index contributed by atoms with van der Waals surface area (Å²) in [7, 11) is 3.77. The molecule has 0 radical (unpaired) electrons. The van der Waals surface area contributed by atoms with E-state index in [4.69, 9.17) is 0 Å². The van der Waals surface area contributed by atoms with Gasteiger partial charge in [0.2, 0.25) is 0 Å². The number of anilines is 1. The third-order valence-corrected chi connectivity index (χ3v) is 2.24. The largest absolute Gasteiger partial charge is 0.357 e. The predicted molar refractivity (Wildman–Crippen MR) is 60.6 cm³/mol. The molecule has 1 aromatic heterocycles. The number of nitrogens with one attached hydrogen (secondary N) is 1. The molecule has 0 spiro atoms. The highest BCUT2D eigenvalue weighted by Gasteiger charge is 2.11. The first-order valence-electron chi connectivity index (χ1n) is 5.11. The lowest BCUT2D eigenvalue weighted by Gasteiger charge is -2.22. The maximum Gasteiger partial charge on any atom is 0.165 e. The van der Waals surface area contributed by atoms with Crippen LogP contribution in [0.25, 0.3) is 0 Å². The molecule has 0 aliphatic carbocycles. The maximum atomic E-state index is 13.4. The Kier molecular flexibility index (Phi) is 4.49. The van der Waals surface area contributed by atoms with Crippen LogP contribution in [0.15, 0.2) is 18.3 Å². The highest BCUT2D eigenvalue weighted by molar-refractivity contribution is 5.38. The van der Waals surface area contributed by atoms with Crippen molar-refractivity contribution in [2.45, 2.75) is 6.92 Å². The molecule has 1 unspecified atom stereocenters. The number of halogens is 1. The Bertz CT molecular complexity index is 304. The molecule has 1 rings (SSSR count). The van der Waals surface area contributed by atoms with Gasteiger partial charge in [-0.2, -0.15) is 0 Å². The summed E-state index contributed by atoms with van der Waals surface area (Å²) in [5.41, 5.74) is 0. The van der Waals surface area contributed by atoms with Crippen molar-refractivity contribution in [2.24, 2.45) is 5.92 Å². The van der Waals surface area contributed by atoms with Crippen LogP contribution < -0.4 is 10.2 Å². The summed E-state index contributed by atoms with van der Waals surface area (Å²) in [4.78, 5) is 5.87. The Morgan fingerprint density at radius 1 is 1.60 bits per heavy atom. The van der Waals surface area contributed by atoms with Gasteiger partial charge >= 0.3 is 0 Å². The Labute approximate surface area is 90.3 Å². The minimum atomic E-state index is -0.267. The van der Waals surface area contributed by atoms with E-state index in [-0.39, 0.29) is 5.82 Å². The van der Waals surface area contributed by atoms with Crippen molar-refractivity contribution >= 4 is 5.82 Å². The Morgan fingerprint density at radius 3 is 2.93 bits per heavy atom. The Hall–Kier alpha value is -1.16. The first-order valence-corrected chi connectivity index (χ1v) is 5.11. The molecule has 0 bridgehead atoms. The van der Waals surface area contributed by atoms with E-state index in [9.17, 15) is 4.39 Å². The van der Waals surface area contributed by atoms with Gasteiger partial charge in [-0.3, -0.25) is 0 Å². The molecule has 0 aromatic carbocycles. The van der Waals surface area contributed by atoms with Crippen LogP contribution in [0, 0.1) is 11.7 Å². The smallest absolute Gasteiger partial charge is 0.165 e. The van der Waals surface area contributed by atoms with Gasteiger partial charge in [0.05, 0.1) is 0 Å². The fourth-order valence-corrected chi connectivity index (χ4v) is 1.63. The van der Waals surface area contributed by atoms with Crippen molar-refractivity contribution in [1.82, 2.24) is 10.3 Å². The van der Waals surface area contributed by atoms with Crippen LogP contribution in [-0.4, -0.2) is 32.2 Å². The Morgan fingerprint density at radius 2 is 2.33 bits per heavy atom. The first-order chi connectivity index (χ1) is 7.15. The molecule has 0 fully saturated rings. The van der Waals surface area contributed by atoms with Gasteiger partial charge in [0, 0.05) is 19.8 Å². The highest BCUT2D eigenvalue weighted by Crippen LogP contribution is 2.14. The molecule has 0 aliphatic rings. The summed E-state index contributed by atoms with van der Waals surface area (Å²) < 4.78 is 13.4. The van der Waals surface area contributed by atoms with Gasteiger partial charge in [0.1, 0.15) is 0 Å². The van der Waals surface area contributed by atoms with Crippen molar-refractivity contribution in [3.05, 3.63) is 24.1 Å². The van der Waals surface area contributed by atoms with Crippen LogP contribution in [0.2, 0.25) is 0 Å². The van der Waals surface area contributed by atoms with E-state index >= 15 is 0 Å². The van der Waals surface area contributed by atoms with E-state index in [2.05, 4.69) is 17.2 Å². The third kappa shape index (κ3) is 3.47. The second kappa shape index (κ2) is 5.66. The molecular formula is C11H18FN3. The fraction of sp³-hybridized carbons (Fsp3) is 0.545. The zero-order valence-electron chi connectivity index (χ0n) is 9.50. The average Bonchev–Trinajstić information content (AvgIpc) is 2.18. The standard InChI is InChI=1S/C11H18FN3/c1-9(7-13-2)8-15(3)11-10(12)5-4-6-14-11/h4-6,9,13H,7-8H2,1-3H3.